The topological polar surface area (TPSA) is 38.0 Å². The second-order valence-electron chi connectivity index (χ2n) is 2.04. The van der Waals surface area contributed by atoms with Crippen LogP contribution in [0.4, 0.5) is 0 Å². The molecule has 0 unspecified atom stereocenters. The number of hydrogen-bond acceptors (Lipinski definition) is 2. The summed E-state index contributed by atoms with van der Waals surface area (Å²) in [6, 6.07) is 0. The molecule has 0 aliphatic carbocycles. The number of nitrogens with one attached hydrogen (secondary N) is 1. The first-order valence-electron chi connectivity index (χ1n) is 2.86. The molecule has 0 bridgehead atoms. The number of hydrogen-bond donors (Lipinski definition) is 2. The van der Waals surface area contributed by atoms with E-state index >= 15 is 0 Å². The van der Waals surface area contributed by atoms with E-state index in [4.69, 9.17) is 12.4 Å². The zero-order chi connectivity index (χ0) is 8.15. The zero-order valence-electron chi connectivity index (χ0n) is 6.14. The number of hydrazine groups is 1. The SMILES string of the molecule is [CH-]=C(C)C=C(C)[C](=[W])NN. The molecular weight excluding hydrogens is 296 g/mol. The predicted molar refractivity (Wildman–Crippen MR) is 39.6 cm³/mol. The Morgan fingerprint density at radius 2 is 2.10 bits per heavy atom. The number of nitrogens with two attached hydrogens (primary N) is 1. The van der Waals surface area contributed by atoms with Gasteiger partial charge in [-0.2, -0.15) is 0 Å². The van der Waals surface area contributed by atoms with Crippen molar-refractivity contribution in [1.29, 1.82) is 0 Å². The second kappa shape index (κ2) is 4.72. The molecule has 0 aliphatic rings. The first-order valence-corrected chi connectivity index (χ1v) is 4.33. The van der Waals surface area contributed by atoms with E-state index in [0.717, 1.165) is 15.2 Å². The van der Waals surface area contributed by atoms with Gasteiger partial charge in [-0.3, -0.25) is 0 Å². The van der Waals surface area contributed by atoms with Crippen LogP contribution in [-0.2, 0) is 19.4 Å². The summed E-state index contributed by atoms with van der Waals surface area (Å²) in [7, 11) is 0. The Morgan fingerprint density at radius 1 is 1.60 bits per heavy atom. The van der Waals surface area contributed by atoms with Crippen molar-refractivity contribution < 1.29 is 19.4 Å². The monoisotopic (exact) mass is 307 g/mol. The molecule has 0 rings (SSSR count). The van der Waals surface area contributed by atoms with Crippen molar-refractivity contribution in [2.75, 3.05) is 0 Å². The van der Waals surface area contributed by atoms with Gasteiger partial charge in [-0.15, -0.1) is 0 Å². The van der Waals surface area contributed by atoms with Gasteiger partial charge in [0, 0.05) is 0 Å². The van der Waals surface area contributed by atoms with Gasteiger partial charge in [0.25, 0.3) is 0 Å². The third kappa shape index (κ3) is 3.89. The van der Waals surface area contributed by atoms with E-state index in [9.17, 15) is 0 Å². The Balaban J connectivity index is 4.19. The standard InChI is InChI=1S/C7H11N2.W/c1-6(2)4-7(3)5-9-8;/h1,4,9H,8H2,2-3H3;/q-1;. The van der Waals surface area contributed by atoms with Gasteiger partial charge in [0.05, 0.1) is 0 Å². The maximum absolute atomic E-state index is 5.45. The van der Waals surface area contributed by atoms with Crippen molar-refractivity contribution in [3.8, 4) is 0 Å². The molecule has 0 fully saturated rings. The van der Waals surface area contributed by atoms with Crippen LogP contribution < -0.4 is 11.3 Å². The van der Waals surface area contributed by atoms with Crippen LogP contribution in [0.5, 0.6) is 0 Å². The van der Waals surface area contributed by atoms with Crippen LogP contribution in [0, 0.1) is 6.58 Å². The van der Waals surface area contributed by atoms with Crippen LogP contribution in [0.3, 0.4) is 0 Å². The van der Waals surface area contributed by atoms with Gasteiger partial charge in [-0.05, 0) is 0 Å². The molecule has 3 N–H and O–H groups in total. The van der Waals surface area contributed by atoms with Gasteiger partial charge in [-0.1, -0.05) is 0 Å². The summed E-state index contributed by atoms with van der Waals surface area (Å²) >= 11 is 1.31. The molecule has 0 atom stereocenters. The van der Waals surface area contributed by atoms with Crippen molar-refractivity contribution in [2.45, 2.75) is 13.8 Å². The molecule has 2 nitrogen and oxygen atoms in total. The molecule has 0 saturated carbocycles. The summed E-state index contributed by atoms with van der Waals surface area (Å²) in [5, 5.41) is 0. The molecule has 0 saturated heterocycles. The van der Waals surface area contributed by atoms with Crippen LogP contribution in [0.1, 0.15) is 13.8 Å². The van der Waals surface area contributed by atoms with Gasteiger partial charge in [0.2, 0.25) is 0 Å². The van der Waals surface area contributed by atoms with Gasteiger partial charge >= 0.3 is 72.3 Å². The molecule has 0 amide bonds. The average molecular weight is 307 g/mol. The Hall–Kier alpha value is -0.0417. The molecular formula is C7H11N2W-. The molecule has 0 heterocycles. The fourth-order valence-electron chi connectivity index (χ4n) is 0.521. The molecule has 0 aliphatic heterocycles. The molecule has 0 aromatic heterocycles. The van der Waals surface area contributed by atoms with Gasteiger partial charge in [-0.25, -0.2) is 0 Å². The average Bonchev–Trinajstić information content (AvgIpc) is 1.85. The maximum atomic E-state index is 5.45. The van der Waals surface area contributed by atoms with Crippen LogP contribution >= 0.6 is 0 Å². The minimum absolute atomic E-state index is 0.798. The fourth-order valence-corrected chi connectivity index (χ4v) is 0.733. The summed E-state index contributed by atoms with van der Waals surface area (Å²) in [5.41, 5.74) is 4.48. The fraction of sp³-hybridized carbons (Fsp3) is 0.286. The number of rotatable bonds is 3. The van der Waals surface area contributed by atoms with Crippen molar-refractivity contribution in [2.24, 2.45) is 5.84 Å². The summed E-state index contributed by atoms with van der Waals surface area (Å²) < 4.78 is 1.02. The van der Waals surface area contributed by atoms with Crippen molar-refractivity contribution in [3.63, 3.8) is 0 Å². The Morgan fingerprint density at radius 3 is 2.40 bits per heavy atom. The minimum atomic E-state index is 0.798. The van der Waals surface area contributed by atoms with Crippen molar-refractivity contribution >= 4 is 4.02 Å². The van der Waals surface area contributed by atoms with Crippen LogP contribution in [0.2, 0.25) is 0 Å². The quantitative estimate of drug-likeness (QED) is 0.344. The summed E-state index contributed by atoms with van der Waals surface area (Å²) in [6.07, 6.45) is 1.89. The molecule has 0 radical (unpaired) electrons. The Labute approximate surface area is 72.6 Å². The van der Waals surface area contributed by atoms with Crippen molar-refractivity contribution in [1.82, 2.24) is 5.43 Å². The molecule has 56 valence electrons. The zero-order valence-corrected chi connectivity index (χ0v) is 9.07. The van der Waals surface area contributed by atoms with Gasteiger partial charge in [0.1, 0.15) is 0 Å². The third-order valence-corrected chi connectivity index (χ3v) is 2.51. The summed E-state index contributed by atoms with van der Waals surface area (Å²) in [5.74, 6) is 5.19. The molecule has 0 spiro atoms. The van der Waals surface area contributed by atoms with Crippen LogP contribution in [0.15, 0.2) is 17.2 Å². The van der Waals surface area contributed by atoms with E-state index in [0.29, 0.717) is 0 Å². The van der Waals surface area contributed by atoms with Crippen LogP contribution in [0.25, 0.3) is 0 Å². The third-order valence-electron chi connectivity index (χ3n) is 0.933. The van der Waals surface area contributed by atoms with E-state index in [2.05, 4.69) is 5.43 Å². The van der Waals surface area contributed by atoms with E-state index in [1.807, 2.05) is 19.9 Å². The first-order chi connectivity index (χ1) is 4.57. The van der Waals surface area contributed by atoms with Crippen LogP contribution in [-0.4, -0.2) is 4.02 Å². The van der Waals surface area contributed by atoms with E-state index < -0.39 is 0 Å². The first kappa shape index (κ1) is 9.96. The molecule has 0 aromatic carbocycles. The molecule has 3 heteroatoms. The van der Waals surface area contributed by atoms with Gasteiger partial charge < -0.3 is 0 Å². The van der Waals surface area contributed by atoms with Crippen molar-refractivity contribution in [3.05, 3.63) is 23.8 Å². The predicted octanol–water partition coefficient (Wildman–Crippen LogP) is 0.452. The Bertz CT molecular complexity index is 182. The van der Waals surface area contributed by atoms with Gasteiger partial charge in [0.15, 0.2) is 0 Å². The van der Waals surface area contributed by atoms with E-state index in [1.165, 1.54) is 19.4 Å². The Kier molecular flexibility index (Phi) is 4.71. The summed E-state index contributed by atoms with van der Waals surface area (Å²) in [4.78, 5) is 0. The van der Waals surface area contributed by atoms with E-state index in [1.54, 1.807) is 0 Å². The number of allylic oxidation sites excluding steroid dienone is 2. The normalized spacial score (nSPS) is 11.3. The molecule has 0 aromatic rings. The molecule has 10 heavy (non-hydrogen) atoms. The second-order valence-corrected chi connectivity index (χ2v) is 3.51. The van der Waals surface area contributed by atoms with E-state index in [-0.39, 0.29) is 0 Å². The summed E-state index contributed by atoms with van der Waals surface area (Å²) in [6.45, 7) is 9.27.